The highest BCUT2D eigenvalue weighted by atomic mass is 19.4. The molecule has 1 aliphatic heterocycles. The molecule has 2 N–H and O–H groups in total. The van der Waals surface area contributed by atoms with E-state index in [1.807, 2.05) is 4.90 Å². The number of rotatable bonds is 6. The van der Waals surface area contributed by atoms with Crippen LogP contribution in [0, 0.1) is 5.92 Å². The molecule has 7 heteroatoms. The molecule has 0 aromatic rings. The Kier molecular flexibility index (Phi) is 6.46. The summed E-state index contributed by atoms with van der Waals surface area (Å²) in [6, 6.07) is 0. The Balaban J connectivity index is 2.37. The van der Waals surface area contributed by atoms with E-state index in [9.17, 15) is 18.0 Å². The quantitative estimate of drug-likeness (QED) is 0.765. The second-order valence-electron chi connectivity index (χ2n) is 5.92. The maximum absolute atomic E-state index is 12.7. The first-order chi connectivity index (χ1) is 9.66. The van der Waals surface area contributed by atoms with Crippen LogP contribution in [0.1, 0.15) is 39.5 Å². The van der Waals surface area contributed by atoms with Crippen LogP contribution in [-0.2, 0) is 9.53 Å². The number of ether oxygens (including phenoxy) is 1. The van der Waals surface area contributed by atoms with Crippen LogP contribution in [0.3, 0.4) is 0 Å². The minimum Gasteiger partial charge on any atom is -0.465 e. The Hall–Kier alpha value is -0.820. The lowest BCUT2D eigenvalue weighted by molar-refractivity contribution is -0.186. The fraction of sp³-hybridized carbons (Fsp3) is 0.929. The van der Waals surface area contributed by atoms with Gasteiger partial charge in [0.05, 0.1) is 12.5 Å². The highest BCUT2D eigenvalue weighted by Crippen LogP contribution is 2.33. The first-order valence-electron chi connectivity index (χ1n) is 7.42. The third kappa shape index (κ3) is 5.82. The van der Waals surface area contributed by atoms with Crippen molar-refractivity contribution in [3.05, 3.63) is 0 Å². The summed E-state index contributed by atoms with van der Waals surface area (Å²) in [5.41, 5.74) is 4.81. The van der Waals surface area contributed by atoms with Gasteiger partial charge in [-0.25, -0.2) is 0 Å². The number of esters is 1. The van der Waals surface area contributed by atoms with Gasteiger partial charge in [0, 0.05) is 6.54 Å². The molecule has 1 rings (SSSR count). The molecule has 0 spiro atoms. The SMILES string of the molecule is CCOC(=O)C(C)(N)CCCN1CCCC(C(F)(F)F)C1. The van der Waals surface area contributed by atoms with Crippen LogP contribution in [0.25, 0.3) is 0 Å². The lowest BCUT2D eigenvalue weighted by atomic mass is 9.95. The van der Waals surface area contributed by atoms with Gasteiger partial charge in [0.15, 0.2) is 0 Å². The fourth-order valence-electron chi connectivity index (χ4n) is 2.59. The molecular weight excluding hydrogens is 285 g/mol. The molecule has 2 atom stereocenters. The monoisotopic (exact) mass is 310 g/mol. The number of halogens is 3. The molecule has 0 bridgehead atoms. The van der Waals surface area contributed by atoms with Gasteiger partial charge < -0.3 is 15.4 Å². The van der Waals surface area contributed by atoms with Crippen LogP contribution in [0.2, 0.25) is 0 Å². The average Bonchev–Trinajstić information content (AvgIpc) is 2.38. The van der Waals surface area contributed by atoms with Crippen LogP contribution in [-0.4, -0.2) is 48.8 Å². The van der Waals surface area contributed by atoms with Gasteiger partial charge in [0.25, 0.3) is 0 Å². The van der Waals surface area contributed by atoms with E-state index in [-0.39, 0.29) is 19.6 Å². The number of hydrogen-bond acceptors (Lipinski definition) is 4. The predicted molar refractivity (Wildman–Crippen MR) is 73.7 cm³/mol. The molecule has 0 aromatic carbocycles. The zero-order valence-electron chi connectivity index (χ0n) is 12.7. The summed E-state index contributed by atoms with van der Waals surface area (Å²) < 4.78 is 43.0. The summed E-state index contributed by atoms with van der Waals surface area (Å²) in [6.07, 6.45) is -2.37. The van der Waals surface area contributed by atoms with Gasteiger partial charge in [0.2, 0.25) is 0 Å². The maximum Gasteiger partial charge on any atom is 0.393 e. The number of carbonyl (C=O) groups excluding carboxylic acids is 1. The Labute approximate surface area is 123 Å². The zero-order valence-corrected chi connectivity index (χ0v) is 12.7. The predicted octanol–water partition coefficient (Wildman–Crippen LogP) is 2.32. The van der Waals surface area contributed by atoms with Crippen molar-refractivity contribution in [3.8, 4) is 0 Å². The lowest BCUT2D eigenvalue weighted by Crippen LogP contribution is -2.47. The van der Waals surface area contributed by atoms with Crippen molar-refractivity contribution < 1.29 is 22.7 Å². The van der Waals surface area contributed by atoms with Crippen molar-refractivity contribution in [2.45, 2.75) is 51.2 Å². The van der Waals surface area contributed by atoms with E-state index in [1.165, 1.54) is 0 Å². The summed E-state index contributed by atoms with van der Waals surface area (Å²) in [5, 5.41) is 0. The minimum absolute atomic E-state index is 0.0458. The molecule has 0 radical (unpaired) electrons. The summed E-state index contributed by atoms with van der Waals surface area (Å²) in [6.45, 7) is 4.82. The van der Waals surface area contributed by atoms with Crippen molar-refractivity contribution >= 4 is 5.97 Å². The molecule has 0 aromatic heterocycles. The molecule has 124 valence electrons. The molecule has 0 amide bonds. The van der Waals surface area contributed by atoms with Crippen molar-refractivity contribution in [1.29, 1.82) is 0 Å². The van der Waals surface area contributed by atoms with E-state index < -0.39 is 23.6 Å². The molecule has 0 aliphatic carbocycles. The van der Waals surface area contributed by atoms with Crippen LogP contribution < -0.4 is 5.73 Å². The molecular formula is C14H25F3N2O2. The molecule has 21 heavy (non-hydrogen) atoms. The van der Waals surface area contributed by atoms with E-state index in [0.29, 0.717) is 32.4 Å². The Bertz CT molecular complexity index is 346. The smallest absolute Gasteiger partial charge is 0.393 e. The van der Waals surface area contributed by atoms with Crippen molar-refractivity contribution in [3.63, 3.8) is 0 Å². The largest absolute Gasteiger partial charge is 0.465 e. The zero-order chi connectivity index (χ0) is 16.1. The van der Waals surface area contributed by atoms with Crippen molar-refractivity contribution in [1.82, 2.24) is 4.90 Å². The Morgan fingerprint density at radius 2 is 2.10 bits per heavy atom. The number of alkyl halides is 3. The van der Waals surface area contributed by atoms with Crippen molar-refractivity contribution in [2.75, 3.05) is 26.2 Å². The number of hydrogen-bond donors (Lipinski definition) is 1. The minimum atomic E-state index is -4.12. The van der Waals surface area contributed by atoms with E-state index in [4.69, 9.17) is 10.5 Å². The molecule has 1 fully saturated rings. The van der Waals surface area contributed by atoms with Gasteiger partial charge in [-0.05, 0) is 52.6 Å². The highest BCUT2D eigenvalue weighted by molar-refractivity contribution is 5.79. The van der Waals surface area contributed by atoms with Gasteiger partial charge in [-0.2, -0.15) is 13.2 Å². The first-order valence-corrected chi connectivity index (χ1v) is 7.42. The molecule has 1 saturated heterocycles. The first kappa shape index (κ1) is 18.2. The Morgan fingerprint density at radius 3 is 2.67 bits per heavy atom. The molecule has 1 aliphatic rings. The maximum atomic E-state index is 12.7. The third-order valence-electron chi connectivity index (χ3n) is 3.88. The Morgan fingerprint density at radius 1 is 1.43 bits per heavy atom. The number of carbonyl (C=O) groups is 1. The van der Waals surface area contributed by atoms with Gasteiger partial charge >= 0.3 is 12.1 Å². The molecule has 4 nitrogen and oxygen atoms in total. The second kappa shape index (κ2) is 7.45. The van der Waals surface area contributed by atoms with Crippen LogP contribution in [0.5, 0.6) is 0 Å². The normalized spacial score (nSPS) is 23.6. The summed E-state index contributed by atoms with van der Waals surface area (Å²) in [5.74, 6) is -1.70. The highest BCUT2D eigenvalue weighted by Gasteiger charge is 2.41. The fourth-order valence-corrected chi connectivity index (χ4v) is 2.59. The summed E-state index contributed by atoms with van der Waals surface area (Å²) in [7, 11) is 0. The van der Waals surface area contributed by atoms with E-state index in [0.717, 1.165) is 0 Å². The molecule has 2 unspecified atom stereocenters. The second-order valence-corrected chi connectivity index (χ2v) is 5.92. The molecule has 0 saturated carbocycles. The third-order valence-corrected chi connectivity index (χ3v) is 3.88. The van der Waals surface area contributed by atoms with Gasteiger partial charge in [-0.15, -0.1) is 0 Å². The number of nitrogens with two attached hydrogens (primary N) is 1. The standard InChI is InChI=1S/C14H25F3N2O2/c1-3-21-12(20)13(2,18)7-5-9-19-8-4-6-11(10-19)14(15,16)17/h11H,3-10,18H2,1-2H3. The summed E-state index contributed by atoms with van der Waals surface area (Å²) in [4.78, 5) is 13.4. The van der Waals surface area contributed by atoms with Gasteiger partial charge in [0.1, 0.15) is 5.54 Å². The van der Waals surface area contributed by atoms with Gasteiger partial charge in [-0.1, -0.05) is 0 Å². The van der Waals surface area contributed by atoms with Crippen molar-refractivity contribution in [2.24, 2.45) is 11.7 Å². The number of likely N-dealkylation sites (tertiary alicyclic amines) is 1. The van der Waals surface area contributed by atoms with Crippen LogP contribution >= 0.6 is 0 Å². The van der Waals surface area contributed by atoms with E-state index in [2.05, 4.69) is 0 Å². The number of piperidine rings is 1. The topological polar surface area (TPSA) is 55.6 Å². The molecule has 1 heterocycles. The average molecular weight is 310 g/mol. The van der Waals surface area contributed by atoms with Crippen LogP contribution in [0.15, 0.2) is 0 Å². The van der Waals surface area contributed by atoms with Crippen LogP contribution in [0.4, 0.5) is 13.2 Å². The van der Waals surface area contributed by atoms with Gasteiger partial charge in [-0.3, -0.25) is 4.79 Å². The number of nitrogens with zero attached hydrogens (tertiary/aromatic N) is 1. The van der Waals surface area contributed by atoms with E-state index >= 15 is 0 Å². The van der Waals surface area contributed by atoms with E-state index in [1.54, 1.807) is 13.8 Å². The summed E-state index contributed by atoms with van der Waals surface area (Å²) >= 11 is 0. The lowest BCUT2D eigenvalue weighted by Gasteiger charge is -2.34.